The first-order valence-corrected chi connectivity index (χ1v) is 14.9. The molecule has 6 heterocycles. The fourth-order valence-corrected chi connectivity index (χ4v) is 5.76. The molecule has 0 spiro atoms. The first kappa shape index (κ1) is 28.1. The predicted molar refractivity (Wildman–Crippen MR) is 169 cm³/mol. The summed E-state index contributed by atoms with van der Waals surface area (Å²) in [6, 6.07) is 10.8. The van der Waals surface area contributed by atoms with Crippen molar-refractivity contribution in [2.75, 3.05) is 40.3 Å². The highest BCUT2D eigenvalue weighted by Gasteiger charge is 2.18. The third-order valence-electron chi connectivity index (χ3n) is 8.01. The second-order valence-electron chi connectivity index (χ2n) is 11.6. The maximum absolute atomic E-state index is 14.7. The zero-order valence-corrected chi connectivity index (χ0v) is 24.8. The molecule has 1 saturated heterocycles. The van der Waals surface area contributed by atoms with Crippen LogP contribution in [0.1, 0.15) is 24.8 Å². The summed E-state index contributed by atoms with van der Waals surface area (Å²) in [5, 5.41) is 8.36. The number of H-pyrrole nitrogens is 2. The number of piperidine rings is 1. The van der Waals surface area contributed by atoms with E-state index in [1.165, 1.54) is 37.0 Å². The summed E-state index contributed by atoms with van der Waals surface area (Å²) in [6.45, 7) is 4.35. The van der Waals surface area contributed by atoms with E-state index >= 15 is 0 Å². The van der Waals surface area contributed by atoms with Crippen molar-refractivity contribution in [3.63, 3.8) is 0 Å². The van der Waals surface area contributed by atoms with E-state index < -0.39 is 0 Å². The molecule has 0 aliphatic carbocycles. The fraction of sp³-hybridized carbons (Fsp3) is 0.303. The van der Waals surface area contributed by atoms with Crippen molar-refractivity contribution >= 4 is 22.2 Å². The molecule has 1 aliphatic rings. The summed E-state index contributed by atoms with van der Waals surface area (Å²) >= 11 is 0. The molecule has 2 N–H and O–H groups in total. The molecule has 1 fully saturated rings. The van der Waals surface area contributed by atoms with Gasteiger partial charge in [0.15, 0.2) is 17.1 Å². The van der Waals surface area contributed by atoms with Crippen LogP contribution < -0.4 is 4.74 Å². The minimum Gasteiger partial charge on any atom is -0.492 e. The van der Waals surface area contributed by atoms with E-state index in [4.69, 9.17) is 9.72 Å². The third kappa shape index (κ3) is 5.88. The molecule has 0 radical (unpaired) electrons. The van der Waals surface area contributed by atoms with E-state index in [1.807, 2.05) is 49.7 Å². The highest BCUT2D eigenvalue weighted by atomic mass is 19.1. The van der Waals surface area contributed by atoms with Gasteiger partial charge in [-0.05, 0) is 81.5 Å². The number of benzene rings is 1. The quantitative estimate of drug-likeness (QED) is 0.221. The average Bonchev–Trinajstić information content (AvgIpc) is 3.65. The second-order valence-corrected chi connectivity index (χ2v) is 11.6. The molecular weight excluding hydrogens is 557 g/mol. The van der Waals surface area contributed by atoms with Gasteiger partial charge in [0.25, 0.3) is 0 Å². The molecule has 1 aliphatic heterocycles. The van der Waals surface area contributed by atoms with E-state index in [9.17, 15) is 4.39 Å². The van der Waals surface area contributed by atoms with Crippen molar-refractivity contribution in [1.82, 2.24) is 44.9 Å². The van der Waals surface area contributed by atoms with E-state index in [1.54, 1.807) is 6.20 Å². The molecule has 44 heavy (non-hydrogen) atoms. The molecule has 6 aromatic rings. The number of hydrogen-bond acceptors (Lipinski definition) is 8. The number of likely N-dealkylation sites (N-methyl/N-ethyl adjacent to an activating group) is 1. The van der Waals surface area contributed by atoms with E-state index in [0.29, 0.717) is 46.2 Å². The van der Waals surface area contributed by atoms with Crippen LogP contribution in [0.3, 0.4) is 0 Å². The number of aromatic nitrogens is 7. The third-order valence-corrected chi connectivity index (χ3v) is 8.01. The van der Waals surface area contributed by atoms with Crippen LogP contribution in [0, 0.1) is 5.82 Å². The van der Waals surface area contributed by atoms with E-state index in [-0.39, 0.29) is 5.82 Å². The average molecular weight is 592 g/mol. The molecular formula is C33H34FN9O. The first-order chi connectivity index (χ1) is 21.5. The molecule has 0 saturated carbocycles. The highest BCUT2D eigenvalue weighted by Crippen LogP contribution is 2.33. The number of ether oxygens (including phenoxy) is 1. The van der Waals surface area contributed by atoms with Gasteiger partial charge in [-0.25, -0.2) is 19.3 Å². The van der Waals surface area contributed by atoms with Crippen LogP contribution in [-0.4, -0.2) is 85.3 Å². The molecule has 0 unspecified atom stereocenters. The number of hydrogen-bond donors (Lipinski definition) is 2. The number of rotatable bonds is 9. The smallest absolute Gasteiger partial charge is 0.181 e. The highest BCUT2D eigenvalue weighted by molar-refractivity contribution is 5.96. The molecule has 0 atom stereocenters. The van der Waals surface area contributed by atoms with Crippen LogP contribution >= 0.6 is 0 Å². The van der Waals surface area contributed by atoms with Crippen LogP contribution in [0.4, 0.5) is 4.39 Å². The number of pyridine rings is 3. The Bertz CT molecular complexity index is 1930. The summed E-state index contributed by atoms with van der Waals surface area (Å²) in [4.78, 5) is 26.3. The Morgan fingerprint density at radius 3 is 2.66 bits per heavy atom. The Hall–Kier alpha value is -4.74. The number of aromatic amines is 2. The Kier molecular flexibility index (Phi) is 7.71. The molecule has 11 heteroatoms. The Labute approximate surface area is 254 Å². The van der Waals surface area contributed by atoms with Crippen molar-refractivity contribution in [3.05, 3.63) is 72.6 Å². The van der Waals surface area contributed by atoms with Crippen LogP contribution in [0.25, 0.3) is 56.0 Å². The number of likely N-dealkylation sites (tertiary alicyclic amines) is 1. The lowest BCUT2D eigenvalue weighted by molar-refractivity contribution is 0.220. The number of halogens is 1. The van der Waals surface area contributed by atoms with Crippen molar-refractivity contribution in [1.29, 1.82) is 0 Å². The van der Waals surface area contributed by atoms with Crippen molar-refractivity contribution < 1.29 is 9.13 Å². The van der Waals surface area contributed by atoms with Gasteiger partial charge in [-0.15, -0.1) is 0 Å². The van der Waals surface area contributed by atoms with Gasteiger partial charge in [-0.1, -0.05) is 6.42 Å². The van der Waals surface area contributed by atoms with Gasteiger partial charge in [0.05, 0.1) is 10.9 Å². The van der Waals surface area contributed by atoms with Gasteiger partial charge in [0, 0.05) is 60.6 Å². The first-order valence-electron chi connectivity index (χ1n) is 14.9. The van der Waals surface area contributed by atoms with Crippen LogP contribution in [0.15, 0.2) is 61.2 Å². The molecule has 0 bridgehead atoms. The van der Waals surface area contributed by atoms with E-state index in [2.05, 4.69) is 47.2 Å². The maximum Gasteiger partial charge on any atom is 0.181 e. The largest absolute Gasteiger partial charge is 0.492 e. The molecule has 7 rings (SSSR count). The lowest BCUT2D eigenvalue weighted by Crippen LogP contribution is -2.29. The monoisotopic (exact) mass is 591 g/mol. The lowest BCUT2D eigenvalue weighted by Gasteiger charge is -2.26. The van der Waals surface area contributed by atoms with Crippen LogP contribution in [-0.2, 0) is 6.54 Å². The SMILES string of the molecule is CN(C)CCOc1cc(F)cc(-c2ccnc3nc(-c4[nH]nc5ncc(-c6cncc(CN7CCCCC7)c6)cc45)[nH]c23)c1. The zero-order valence-electron chi connectivity index (χ0n) is 24.8. The Morgan fingerprint density at radius 1 is 0.932 bits per heavy atom. The Morgan fingerprint density at radius 2 is 1.80 bits per heavy atom. The van der Waals surface area contributed by atoms with Crippen molar-refractivity contribution in [2.45, 2.75) is 25.8 Å². The minimum atomic E-state index is -0.375. The summed E-state index contributed by atoms with van der Waals surface area (Å²) in [5.74, 6) is 0.663. The number of nitrogens with zero attached hydrogens (tertiary/aromatic N) is 7. The minimum absolute atomic E-state index is 0.375. The van der Waals surface area contributed by atoms with Gasteiger partial charge in [0.1, 0.15) is 23.9 Å². The number of nitrogens with one attached hydrogen (secondary N) is 2. The molecule has 0 amide bonds. The molecule has 1 aromatic carbocycles. The summed E-state index contributed by atoms with van der Waals surface area (Å²) < 4.78 is 20.5. The normalized spacial score (nSPS) is 14.2. The van der Waals surface area contributed by atoms with Crippen LogP contribution in [0.2, 0.25) is 0 Å². The maximum atomic E-state index is 14.7. The van der Waals surface area contributed by atoms with Gasteiger partial charge in [-0.3, -0.25) is 15.0 Å². The van der Waals surface area contributed by atoms with Gasteiger partial charge >= 0.3 is 0 Å². The summed E-state index contributed by atoms with van der Waals surface area (Å²) in [6.07, 6.45) is 11.1. The number of fused-ring (bicyclic) bond motifs is 2. The van der Waals surface area contributed by atoms with Gasteiger partial charge < -0.3 is 14.6 Å². The van der Waals surface area contributed by atoms with Crippen molar-refractivity contribution in [2.24, 2.45) is 0 Å². The topological polar surface area (TPSA) is 112 Å². The predicted octanol–water partition coefficient (Wildman–Crippen LogP) is 5.69. The summed E-state index contributed by atoms with van der Waals surface area (Å²) in [7, 11) is 3.94. The number of imidazole rings is 1. The molecule has 10 nitrogen and oxygen atoms in total. The Balaban J connectivity index is 1.21. The van der Waals surface area contributed by atoms with Crippen molar-refractivity contribution in [3.8, 4) is 39.5 Å². The fourth-order valence-electron chi connectivity index (χ4n) is 5.76. The van der Waals surface area contributed by atoms with Gasteiger partial charge in [-0.2, -0.15) is 5.10 Å². The van der Waals surface area contributed by atoms with Gasteiger partial charge in [0.2, 0.25) is 0 Å². The standard InChI is InChI=1S/C33H34FN9O/c1-42(2)10-11-44-26-14-22(13-25(34)16-26)27-6-7-36-32-29(27)38-33(39-32)30-28-15-24(19-37-31(28)41-40-30)23-12-21(17-35-18-23)20-43-8-4-3-5-9-43/h6-7,12-19H,3-5,8-11,20H2,1-2H3,(H,36,38,39)(H,37,40,41). The van der Waals surface area contributed by atoms with E-state index in [0.717, 1.165) is 48.3 Å². The summed E-state index contributed by atoms with van der Waals surface area (Å²) in [5.41, 5.74) is 7.06. The lowest BCUT2D eigenvalue weighted by atomic mass is 10.1. The van der Waals surface area contributed by atoms with Crippen LogP contribution in [0.5, 0.6) is 5.75 Å². The zero-order chi connectivity index (χ0) is 30.0. The second kappa shape index (κ2) is 12.1. The molecule has 5 aromatic heterocycles. The molecule has 224 valence electrons.